The maximum atomic E-state index is 4.89. The Kier molecular flexibility index (Phi) is 3.55. The van der Waals surface area contributed by atoms with Gasteiger partial charge in [0.15, 0.2) is 0 Å². The first-order chi connectivity index (χ1) is 5.36. The van der Waals surface area contributed by atoms with E-state index in [4.69, 9.17) is 4.74 Å². The van der Waals surface area contributed by atoms with Crippen molar-refractivity contribution in [1.29, 1.82) is 0 Å². The Morgan fingerprint density at radius 3 is 2.91 bits per heavy atom. The van der Waals surface area contributed by atoms with Crippen LogP contribution in [-0.4, -0.2) is 12.1 Å². The largest absolute Gasteiger partial charge is 0.481 e. The smallest absolute Gasteiger partial charge is 0.212 e. The number of aromatic nitrogens is 1. The van der Waals surface area contributed by atoms with Gasteiger partial charge in [0, 0.05) is 17.2 Å². The first-order valence-corrected chi connectivity index (χ1v) is 4.19. The number of hydrogen-bond donors (Lipinski definition) is 2. The molecule has 0 amide bonds. The van der Waals surface area contributed by atoms with Crippen LogP contribution in [0.25, 0.3) is 0 Å². The first-order valence-electron chi connectivity index (χ1n) is 2.93. The second-order valence-corrected chi connectivity index (χ2v) is 3.14. The summed E-state index contributed by atoms with van der Waals surface area (Å²) in [4.78, 5) is 5.00. The van der Waals surface area contributed by atoms with Gasteiger partial charge in [-0.1, -0.05) is 12.8 Å². The standard InChI is InChI=1S/C6H8N2OS2/c1-9-6-3-2-5(4-7-6)11-8-10/h2-4,8,10H,1H3. The summed E-state index contributed by atoms with van der Waals surface area (Å²) in [6, 6.07) is 3.70. The maximum absolute atomic E-state index is 4.89. The molecular weight excluding hydrogens is 180 g/mol. The fourth-order valence-electron chi connectivity index (χ4n) is 0.601. The van der Waals surface area contributed by atoms with Gasteiger partial charge in [0.25, 0.3) is 0 Å². The Morgan fingerprint density at radius 2 is 2.45 bits per heavy atom. The molecule has 1 aromatic heterocycles. The molecule has 0 aliphatic heterocycles. The first kappa shape index (κ1) is 8.70. The Hall–Kier alpha value is -0.390. The molecular formula is C6H8N2OS2. The summed E-state index contributed by atoms with van der Waals surface area (Å²) >= 11 is 5.23. The molecule has 5 heteroatoms. The number of methoxy groups -OCH3 is 1. The molecule has 60 valence electrons. The molecule has 0 aromatic carbocycles. The molecule has 1 rings (SSSR count). The second kappa shape index (κ2) is 4.48. The fourth-order valence-corrected chi connectivity index (χ4v) is 1.26. The number of pyridine rings is 1. The third kappa shape index (κ3) is 2.61. The van der Waals surface area contributed by atoms with Crippen LogP contribution in [0.3, 0.4) is 0 Å². The Morgan fingerprint density at radius 1 is 1.64 bits per heavy atom. The van der Waals surface area contributed by atoms with E-state index >= 15 is 0 Å². The van der Waals surface area contributed by atoms with Gasteiger partial charge in [-0.3, -0.25) is 0 Å². The molecule has 0 radical (unpaired) electrons. The predicted molar refractivity (Wildman–Crippen MR) is 48.8 cm³/mol. The van der Waals surface area contributed by atoms with E-state index in [-0.39, 0.29) is 0 Å². The Labute approximate surface area is 75.2 Å². The van der Waals surface area contributed by atoms with Crippen LogP contribution in [0, 0.1) is 0 Å². The van der Waals surface area contributed by atoms with E-state index in [1.807, 2.05) is 6.07 Å². The van der Waals surface area contributed by atoms with Crippen molar-refractivity contribution in [2.24, 2.45) is 0 Å². The lowest BCUT2D eigenvalue weighted by atomic mass is 10.5. The zero-order valence-corrected chi connectivity index (χ0v) is 7.65. The molecule has 0 fully saturated rings. The quantitative estimate of drug-likeness (QED) is 0.557. The number of ether oxygens (including phenoxy) is 1. The van der Waals surface area contributed by atoms with Crippen molar-refractivity contribution >= 4 is 24.8 Å². The summed E-state index contributed by atoms with van der Waals surface area (Å²) in [5, 5.41) is 0. The number of rotatable bonds is 3. The van der Waals surface area contributed by atoms with Gasteiger partial charge >= 0.3 is 0 Å². The zero-order chi connectivity index (χ0) is 8.10. The number of thiol groups is 1. The molecule has 0 aliphatic rings. The lowest BCUT2D eigenvalue weighted by molar-refractivity contribution is 0.397. The average molecular weight is 188 g/mol. The van der Waals surface area contributed by atoms with E-state index in [0.717, 1.165) is 4.90 Å². The molecule has 0 bridgehead atoms. The van der Waals surface area contributed by atoms with Crippen molar-refractivity contribution in [2.75, 3.05) is 7.11 Å². The van der Waals surface area contributed by atoms with Crippen LogP contribution >= 0.6 is 24.8 Å². The molecule has 0 unspecified atom stereocenters. The van der Waals surface area contributed by atoms with Gasteiger partial charge in [0.2, 0.25) is 5.88 Å². The van der Waals surface area contributed by atoms with Crippen LogP contribution < -0.4 is 8.86 Å². The molecule has 0 atom stereocenters. The van der Waals surface area contributed by atoms with Crippen LogP contribution in [0.4, 0.5) is 0 Å². The third-order valence-corrected chi connectivity index (χ3v) is 1.92. The summed E-state index contributed by atoms with van der Waals surface area (Å²) in [7, 11) is 1.59. The van der Waals surface area contributed by atoms with Gasteiger partial charge in [-0.05, 0) is 18.0 Å². The van der Waals surface area contributed by atoms with E-state index in [2.05, 4.69) is 21.9 Å². The van der Waals surface area contributed by atoms with Crippen molar-refractivity contribution in [3.05, 3.63) is 18.3 Å². The van der Waals surface area contributed by atoms with Gasteiger partial charge in [0.1, 0.15) is 0 Å². The SMILES string of the molecule is COc1ccc(SNS)cn1. The Balaban J connectivity index is 2.66. The highest BCUT2D eigenvalue weighted by molar-refractivity contribution is 8.06. The van der Waals surface area contributed by atoms with Gasteiger partial charge in [-0.15, -0.1) is 0 Å². The molecule has 1 aromatic rings. The van der Waals surface area contributed by atoms with E-state index in [0.29, 0.717) is 5.88 Å². The molecule has 0 saturated carbocycles. The van der Waals surface area contributed by atoms with Crippen LogP contribution in [0.2, 0.25) is 0 Å². The second-order valence-electron chi connectivity index (χ2n) is 1.73. The highest BCUT2D eigenvalue weighted by Gasteiger charge is 1.93. The minimum atomic E-state index is 0.619. The summed E-state index contributed by atoms with van der Waals surface area (Å²) in [6.07, 6.45) is 1.72. The number of hydrogen-bond acceptors (Lipinski definition) is 5. The molecule has 0 saturated heterocycles. The average Bonchev–Trinajstić information content (AvgIpc) is 2.07. The Bertz CT molecular complexity index is 214. The highest BCUT2D eigenvalue weighted by Crippen LogP contribution is 2.15. The summed E-state index contributed by atoms with van der Waals surface area (Å²) in [6.45, 7) is 0. The van der Waals surface area contributed by atoms with Crippen molar-refractivity contribution in [2.45, 2.75) is 4.90 Å². The molecule has 1 heterocycles. The molecule has 3 nitrogen and oxygen atoms in total. The lowest BCUT2D eigenvalue weighted by Gasteiger charge is -1.99. The molecule has 1 N–H and O–H groups in total. The van der Waals surface area contributed by atoms with E-state index in [1.54, 1.807) is 19.4 Å². The minimum Gasteiger partial charge on any atom is -0.481 e. The van der Waals surface area contributed by atoms with Crippen LogP contribution in [0.15, 0.2) is 23.2 Å². The minimum absolute atomic E-state index is 0.619. The third-order valence-electron chi connectivity index (χ3n) is 1.08. The van der Waals surface area contributed by atoms with Crippen LogP contribution in [0.5, 0.6) is 5.88 Å². The number of nitrogens with one attached hydrogen (secondary N) is 1. The summed E-state index contributed by atoms with van der Waals surface area (Å²) in [5.74, 6) is 0.619. The summed E-state index contributed by atoms with van der Waals surface area (Å²) in [5.41, 5.74) is 0. The van der Waals surface area contributed by atoms with Gasteiger partial charge in [-0.25, -0.2) is 9.11 Å². The van der Waals surface area contributed by atoms with Gasteiger partial charge in [-0.2, -0.15) is 0 Å². The topological polar surface area (TPSA) is 34.1 Å². The van der Waals surface area contributed by atoms with Crippen molar-refractivity contribution in [3.8, 4) is 5.88 Å². The maximum Gasteiger partial charge on any atom is 0.212 e. The summed E-state index contributed by atoms with van der Waals surface area (Å²) < 4.78 is 7.54. The molecule has 11 heavy (non-hydrogen) atoms. The van der Waals surface area contributed by atoms with Crippen molar-refractivity contribution in [1.82, 2.24) is 9.11 Å². The van der Waals surface area contributed by atoms with E-state index in [9.17, 15) is 0 Å². The highest BCUT2D eigenvalue weighted by atomic mass is 32.2. The lowest BCUT2D eigenvalue weighted by Crippen LogP contribution is -1.87. The van der Waals surface area contributed by atoms with Crippen LogP contribution in [-0.2, 0) is 0 Å². The molecule has 0 spiro atoms. The van der Waals surface area contributed by atoms with E-state index < -0.39 is 0 Å². The van der Waals surface area contributed by atoms with Gasteiger partial charge in [0.05, 0.1) is 7.11 Å². The monoisotopic (exact) mass is 188 g/mol. The zero-order valence-electron chi connectivity index (χ0n) is 5.94. The van der Waals surface area contributed by atoms with E-state index in [1.165, 1.54) is 11.9 Å². The van der Waals surface area contributed by atoms with Gasteiger partial charge < -0.3 is 4.74 Å². The predicted octanol–water partition coefficient (Wildman–Crippen LogP) is 1.53. The molecule has 0 aliphatic carbocycles. The van der Waals surface area contributed by atoms with Crippen molar-refractivity contribution < 1.29 is 4.74 Å². The van der Waals surface area contributed by atoms with Crippen LogP contribution in [0.1, 0.15) is 0 Å². The fraction of sp³-hybridized carbons (Fsp3) is 0.167. The number of nitrogens with zero attached hydrogens (tertiary/aromatic N) is 1. The normalized spacial score (nSPS) is 9.64. The van der Waals surface area contributed by atoms with Crippen molar-refractivity contribution in [3.63, 3.8) is 0 Å².